The summed E-state index contributed by atoms with van der Waals surface area (Å²) in [5, 5.41) is 0. The largest absolute Gasteiger partial charge is 0.497 e. The first kappa shape index (κ1) is 9.09. The van der Waals surface area contributed by atoms with Gasteiger partial charge >= 0.3 is 0 Å². The van der Waals surface area contributed by atoms with Crippen LogP contribution in [0.15, 0.2) is 18.2 Å². The Balaban J connectivity index is 1.83. The lowest BCUT2D eigenvalue weighted by Crippen LogP contribution is -2.59. The molecule has 1 aromatic carbocycles. The van der Waals surface area contributed by atoms with Gasteiger partial charge in [0.25, 0.3) is 0 Å². The van der Waals surface area contributed by atoms with Crippen molar-refractivity contribution < 1.29 is 10.2 Å². The molecule has 4 rings (SSSR count). The summed E-state index contributed by atoms with van der Waals surface area (Å²) in [4.78, 5) is 2.23. The molecule has 3 atom stereocenters. The first-order valence-corrected chi connectivity index (χ1v) is 7.78. The van der Waals surface area contributed by atoms with E-state index in [4.69, 9.17) is 8.85 Å². The van der Waals surface area contributed by atoms with Gasteiger partial charge in [0.2, 0.25) is 0 Å². The Morgan fingerprint density at radius 3 is 3.25 bits per heavy atom. The van der Waals surface area contributed by atoms with Gasteiger partial charge in [-0.05, 0) is 68.5 Å². The van der Waals surface area contributed by atoms with Gasteiger partial charge in [-0.15, -0.1) is 0 Å². The molecule has 2 heteroatoms. The molecule has 0 N–H and O–H groups in total. The monoisotopic (exact) mass is 275 g/mol. The van der Waals surface area contributed by atoms with Crippen molar-refractivity contribution in [2.75, 3.05) is 20.6 Å². The average Bonchev–Trinajstić information content (AvgIpc) is 2.51. The van der Waals surface area contributed by atoms with Crippen LogP contribution in [0.25, 0.3) is 0 Å². The maximum Gasteiger partial charge on any atom is 0.119 e. The second-order valence-electron chi connectivity index (χ2n) is 6.72. The van der Waals surface area contributed by atoms with Crippen LogP contribution in [0.2, 0.25) is 0 Å². The fourth-order valence-corrected chi connectivity index (χ4v) is 4.95. The van der Waals surface area contributed by atoms with E-state index in [9.17, 15) is 1.37 Å². The average molecular weight is 275 g/mol. The van der Waals surface area contributed by atoms with Crippen LogP contribution < -0.4 is 4.74 Å². The fourth-order valence-electron chi connectivity index (χ4n) is 4.95. The molecule has 108 valence electrons. The van der Waals surface area contributed by atoms with Crippen LogP contribution in [0.4, 0.5) is 0 Å². The Bertz CT molecular complexity index is 661. The van der Waals surface area contributed by atoms with Crippen LogP contribution in [0.5, 0.6) is 5.75 Å². The van der Waals surface area contributed by atoms with Crippen molar-refractivity contribution >= 4 is 0 Å². The second-order valence-corrected chi connectivity index (χ2v) is 6.72. The predicted octanol–water partition coefficient (Wildman–Crippen LogP) is 3.38. The topological polar surface area (TPSA) is 12.5 Å². The van der Waals surface area contributed by atoms with E-state index in [0.717, 1.165) is 32.2 Å². The van der Waals surface area contributed by atoms with Crippen LogP contribution in [0, 0.1) is 5.92 Å². The van der Waals surface area contributed by atoms with Crippen molar-refractivity contribution in [2.24, 2.45) is 5.92 Å². The molecule has 2 nitrogen and oxygen atoms in total. The van der Waals surface area contributed by atoms with E-state index in [-0.39, 0.29) is 5.41 Å². The first-order chi connectivity index (χ1) is 11.2. The zero-order chi connectivity index (χ0) is 17.2. The van der Waals surface area contributed by atoms with E-state index in [0.29, 0.717) is 11.7 Å². The molecule has 20 heavy (non-hydrogen) atoms. The zero-order valence-corrected chi connectivity index (χ0v) is 12.1. The van der Waals surface area contributed by atoms with Crippen molar-refractivity contribution in [3.63, 3.8) is 0 Å². The molecule has 3 aliphatic rings. The van der Waals surface area contributed by atoms with Crippen molar-refractivity contribution in [3.8, 4) is 5.75 Å². The highest BCUT2D eigenvalue weighted by Gasteiger charge is 2.53. The molecule has 2 aliphatic carbocycles. The Hall–Kier alpha value is -1.02. The minimum atomic E-state index is -2.42. The minimum Gasteiger partial charge on any atom is -0.497 e. The summed E-state index contributed by atoms with van der Waals surface area (Å²) in [5.74, 6) is 0.761. The lowest BCUT2D eigenvalue weighted by molar-refractivity contribution is 0.00274. The summed E-state index contributed by atoms with van der Waals surface area (Å²) >= 11 is 0. The molecule has 0 aromatic heterocycles. The molecule has 2 fully saturated rings. The number of benzene rings is 1. The van der Waals surface area contributed by atoms with Gasteiger partial charge in [-0.3, -0.25) is 0 Å². The highest BCUT2D eigenvalue weighted by molar-refractivity contribution is 5.45. The number of fused-ring (bicyclic) bond motifs is 1. The predicted molar refractivity (Wildman–Crippen MR) is 81.4 cm³/mol. The molecule has 0 amide bonds. The zero-order valence-electron chi connectivity index (χ0n) is 16.1. The van der Waals surface area contributed by atoms with Crippen LogP contribution in [-0.4, -0.2) is 31.5 Å². The van der Waals surface area contributed by atoms with Crippen LogP contribution in [-0.2, 0) is 11.8 Å². The Kier molecular flexibility index (Phi) is 2.04. The minimum absolute atomic E-state index is 0.0220. The molecule has 1 saturated carbocycles. The summed E-state index contributed by atoms with van der Waals surface area (Å²) in [6.45, 7) is 0.934. The highest BCUT2D eigenvalue weighted by atomic mass is 16.5. The van der Waals surface area contributed by atoms with Gasteiger partial charge in [0.05, 0.1) is 11.2 Å². The number of likely N-dealkylation sites (tertiary alicyclic amines) is 1. The highest BCUT2D eigenvalue weighted by Crippen LogP contribution is 2.55. The van der Waals surface area contributed by atoms with E-state index in [1.54, 1.807) is 6.07 Å². The van der Waals surface area contributed by atoms with Crippen molar-refractivity contribution in [2.45, 2.75) is 50.0 Å². The molecule has 1 aromatic rings. The Morgan fingerprint density at radius 1 is 1.40 bits per heavy atom. The maximum absolute atomic E-state index is 9.21. The summed E-state index contributed by atoms with van der Waals surface area (Å²) in [6.07, 6.45) is 6.37. The quantitative estimate of drug-likeness (QED) is 0.779. The lowest BCUT2D eigenvalue weighted by Gasteiger charge is -2.58. The molecule has 1 heterocycles. The van der Waals surface area contributed by atoms with E-state index < -0.39 is 13.1 Å². The summed E-state index contributed by atoms with van der Waals surface area (Å²) in [6, 6.07) is 5.18. The number of ether oxygens (including phenoxy) is 1. The number of hydrogen-bond donors (Lipinski definition) is 0. The Labute approximate surface area is 127 Å². The third-order valence-electron chi connectivity index (χ3n) is 5.93. The van der Waals surface area contributed by atoms with Gasteiger partial charge in [0.1, 0.15) is 5.75 Å². The van der Waals surface area contributed by atoms with Gasteiger partial charge in [0.15, 0.2) is 0 Å². The fraction of sp³-hybridized carbons (Fsp3) is 0.667. The van der Waals surface area contributed by atoms with E-state index >= 15 is 0 Å². The smallest absolute Gasteiger partial charge is 0.119 e. The summed E-state index contributed by atoms with van der Waals surface area (Å²) < 4.78 is 36.5. The third-order valence-corrected chi connectivity index (χ3v) is 5.93. The molecule has 0 spiro atoms. The van der Waals surface area contributed by atoms with E-state index in [1.807, 2.05) is 12.1 Å². The van der Waals surface area contributed by atoms with Crippen molar-refractivity contribution in [1.29, 1.82) is 0 Å². The molecular weight excluding hydrogens is 246 g/mol. The number of piperidine rings is 1. The number of rotatable bonds is 1. The van der Waals surface area contributed by atoms with Crippen LogP contribution in [0.1, 0.15) is 48.7 Å². The van der Waals surface area contributed by atoms with Crippen molar-refractivity contribution in [3.05, 3.63) is 29.3 Å². The number of likely N-dealkylation sites (N-methyl/N-ethyl adjacent to an activating group) is 1. The number of nitrogens with zero attached hydrogens (tertiary/aromatic N) is 1. The van der Waals surface area contributed by atoms with Gasteiger partial charge in [-0.25, -0.2) is 0 Å². The molecule has 2 bridgehead atoms. The maximum atomic E-state index is 9.21. The normalized spacial score (nSPS) is 43.4. The second kappa shape index (κ2) is 4.49. The Morgan fingerprint density at radius 2 is 2.35 bits per heavy atom. The SMILES string of the molecule is [2H]C([2H])([2H])Oc1ccc2c(c1)[C@]13CCCCC1[C@]([2H])(C2)N(C)CC3. The first-order valence-electron chi connectivity index (χ1n) is 9.78. The van der Waals surface area contributed by atoms with Gasteiger partial charge in [0, 0.05) is 12.8 Å². The van der Waals surface area contributed by atoms with E-state index in [1.165, 1.54) is 24.0 Å². The molecular formula is C18H25NO. The van der Waals surface area contributed by atoms with Crippen LogP contribution in [0.3, 0.4) is 0 Å². The van der Waals surface area contributed by atoms with Crippen LogP contribution >= 0.6 is 0 Å². The van der Waals surface area contributed by atoms with Crippen molar-refractivity contribution in [1.82, 2.24) is 4.90 Å². The standard InChI is InChI=1S/C18H25NO/c1-19-10-9-18-8-4-3-5-15(18)17(19)11-13-6-7-14(20-2)12-16(13)18/h6-7,12,15,17H,3-5,8-11H2,1-2H3/t15?,17-,18-/m0/s1/i2D3,17D. The molecule has 0 radical (unpaired) electrons. The van der Waals surface area contributed by atoms with E-state index in [2.05, 4.69) is 11.9 Å². The molecule has 1 saturated heterocycles. The summed E-state index contributed by atoms with van der Waals surface area (Å²) in [5.41, 5.74) is 2.48. The third kappa shape index (κ3) is 1.60. The lowest BCUT2D eigenvalue weighted by atomic mass is 9.52. The van der Waals surface area contributed by atoms with Gasteiger partial charge in [-0.1, -0.05) is 18.9 Å². The molecule has 1 unspecified atom stereocenters. The number of hydrogen-bond acceptors (Lipinski definition) is 2. The summed E-state index contributed by atoms with van der Waals surface area (Å²) in [7, 11) is -0.332. The van der Waals surface area contributed by atoms with Gasteiger partial charge < -0.3 is 9.64 Å². The van der Waals surface area contributed by atoms with Gasteiger partial charge in [-0.2, -0.15) is 0 Å². The molecule has 1 aliphatic heterocycles. The number of methoxy groups -OCH3 is 1.